The number of rotatable bonds is 3. The molecule has 9 heteroatoms. The number of ether oxygens (including phenoxy) is 1. The van der Waals surface area contributed by atoms with Crippen molar-refractivity contribution in [2.24, 2.45) is 0 Å². The number of carbonyl (C=O) groups is 2. The number of nitrogens with zero attached hydrogens (tertiary/aromatic N) is 2. The molecule has 0 aliphatic rings. The van der Waals surface area contributed by atoms with E-state index in [9.17, 15) is 9.59 Å². The highest BCUT2D eigenvalue weighted by molar-refractivity contribution is 9.10. The number of nitrogen functional groups attached to an aromatic ring is 1. The Morgan fingerprint density at radius 1 is 1.45 bits per heavy atom. The first kappa shape index (κ1) is 14.5. The van der Waals surface area contributed by atoms with Crippen molar-refractivity contribution < 1.29 is 18.8 Å². The number of esters is 1. The van der Waals surface area contributed by atoms with Crippen molar-refractivity contribution in [3.8, 4) is 0 Å². The predicted octanol–water partition coefficient (Wildman–Crippen LogP) is 2.09. The molecule has 0 fully saturated rings. The highest BCUT2D eigenvalue weighted by atomic mass is 79.9. The molecule has 2 heterocycles. The second-order valence-electron chi connectivity index (χ2n) is 3.59. The average Bonchev–Trinajstić information content (AvgIpc) is 2.86. The summed E-state index contributed by atoms with van der Waals surface area (Å²) >= 11 is 8.90. The fraction of sp³-hybridized carbons (Fsp3) is 0.0909. The first-order valence-electron chi connectivity index (χ1n) is 5.15. The Morgan fingerprint density at radius 2 is 2.15 bits per heavy atom. The van der Waals surface area contributed by atoms with Gasteiger partial charge in [0.25, 0.3) is 0 Å². The van der Waals surface area contributed by atoms with Crippen LogP contribution in [0.2, 0.25) is 5.02 Å². The lowest BCUT2D eigenvalue weighted by molar-refractivity contribution is 0.0594. The average molecular weight is 361 g/mol. The van der Waals surface area contributed by atoms with Crippen LogP contribution >= 0.6 is 27.5 Å². The molecule has 104 valence electrons. The molecule has 0 unspecified atom stereocenters. The van der Waals surface area contributed by atoms with E-state index in [-0.39, 0.29) is 27.9 Å². The van der Waals surface area contributed by atoms with E-state index in [1.165, 1.54) is 19.2 Å². The van der Waals surface area contributed by atoms with Crippen molar-refractivity contribution >= 4 is 45.0 Å². The molecule has 0 bridgehead atoms. The van der Waals surface area contributed by atoms with Gasteiger partial charge in [-0.15, -0.1) is 0 Å². The third-order valence-electron chi connectivity index (χ3n) is 2.30. The number of carbonyl (C=O) groups excluding carboxylic acids is 2. The Hall–Kier alpha value is -1.93. The van der Waals surface area contributed by atoms with Crippen LogP contribution in [0, 0.1) is 0 Å². The van der Waals surface area contributed by atoms with E-state index in [0.717, 1.165) is 0 Å². The third-order valence-corrected chi connectivity index (χ3v) is 3.07. The van der Waals surface area contributed by atoms with Gasteiger partial charge in [-0.25, -0.2) is 9.78 Å². The Bertz CT molecular complexity index is 701. The number of hydrogen-bond donors (Lipinski definition) is 1. The Balaban J connectivity index is 2.50. The van der Waals surface area contributed by atoms with Gasteiger partial charge in [0.05, 0.1) is 17.8 Å². The number of aromatic nitrogens is 2. The van der Waals surface area contributed by atoms with Crippen molar-refractivity contribution in [1.82, 2.24) is 10.1 Å². The van der Waals surface area contributed by atoms with Crippen LogP contribution in [0.1, 0.15) is 26.7 Å². The third kappa shape index (κ3) is 2.66. The maximum atomic E-state index is 12.1. The molecule has 7 nitrogen and oxygen atoms in total. The summed E-state index contributed by atoms with van der Waals surface area (Å²) in [5.41, 5.74) is 5.34. The quantitative estimate of drug-likeness (QED) is 0.659. The van der Waals surface area contributed by atoms with Crippen molar-refractivity contribution in [3.05, 3.63) is 38.9 Å². The monoisotopic (exact) mass is 359 g/mol. The molecule has 0 saturated heterocycles. The Morgan fingerprint density at radius 3 is 2.70 bits per heavy atom. The fourth-order valence-corrected chi connectivity index (χ4v) is 1.84. The first-order chi connectivity index (χ1) is 9.43. The molecule has 0 aliphatic heterocycles. The molecule has 0 saturated carbocycles. The highest BCUT2D eigenvalue weighted by Crippen LogP contribution is 2.25. The molecule has 0 radical (unpaired) electrons. The minimum absolute atomic E-state index is 0.0315. The number of hydrogen-bond acceptors (Lipinski definition) is 7. The van der Waals surface area contributed by atoms with Gasteiger partial charge in [0.1, 0.15) is 10.3 Å². The van der Waals surface area contributed by atoms with Gasteiger partial charge in [-0.1, -0.05) is 16.8 Å². The number of halogens is 2. The zero-order chi connectivity index (χ0) is 14.9. The molecule has 2 aromatic heterocycles. The molecular weight excluding hydrogens is 353 g/mol. The summed E-state index contributed by atoms with van der Waals surface area (Å²) in [6.07, 6.45) is 0. The molecule has 0 atom stereocenters. The van der Waals surface area contributed by atoms with Crippen molar-refractivity contribution in [2.75, 3.05) is 12.8 Å². The summed E-state index contributed by atoms with van der Waals surface area (Å²) in [6.45, 7) is 0. The highest BCUT2D eigenvalue weighted by Gasteiger charge is 2.22. The normalized spacial score (nSPS) is 10.3. The second-order valence-corrected chi connectivity index (χ2v) is 4.78. The number of anilines is 1. The number of ketones is 1. The maximum absolute atomic E-state index is 12.1. The van der Waals surface area contributed by atoms with Gasteiger partial charge in [0.15, 0.2) is 5.69 Å². The van der Waals surface area contributed by atoms with Crippen molar-refractivity contribution in [1.29, 1.82) is 0 Å². The van der Waals surface area contributed by atoms with Crippen LogP contribution < -0.4 is 5.73 Å². The smallest absolute Gasteiger partial charge is 0.358 e. The molecule has 0 spiro atoms. The first-order valence-corrected chi connectivity index (χ1v) is 6.32. The molecular formula is C11H7BrClN3O4. The summed E-state index contributed by atoms with van der Waals surface area (Å²) in [4.78, 5) is 27.5. The van der Waals surface area contributed by atoms with E-state index < -0.39 is 11.8 Å². The van der Waals surface area contributed by atoms with Crippen LogP contribution in [0.3, 0.4) is 0 Å². The van der Waals surface area contributed by atoms with E-state index in [2.05, 4.69) is 30.8 Å². The van der Waals surface area contributed by atoms with Crippen LogP contribution in [-0.2, 0) is 4.74 Å². The number of nitrogens with two attached hydrogens (primary N) is 1. The standard InChI is InChI=1S/C11H7BrClN3O4/c1-19-11(18)9-8(13)4(14)2-5(15-9)10(17)6-3-7(12)16-20-6/h2-3H,1H3,(H2,14,15). The van der Waals surface area contributed by atoms with Gasteiger partial charge in [0, 0.05) is 6.07 Å². The van der Waals surface area contributed by atoms with E-state index in [1.807, 2.05) is 0 Å². The van der Waals surface area contributed by atoms with Crippen LogP contribution in [0.5, 0.6) is 0 Å². The number of pyridine rings is 1. The van der Waals surface area contributed by atoms with Gasteiger partial charge < -0.3 is 15.0 Å². The predicted molar refractivity (Wildman–Crippen MR) is 72.6 cm³/mol. The van der Waals surface area contributed by atoms with Gasteiger partial charge in [-0.05, 0) is 22.0 Å². The minimum Gasteiger partial charge on any atom is -0.464 e. The Labute approximate surface area is 126 Å². The van der Waals surface area contributed by atoms with E-state index in [1.54, 1.807) is 0 Å². The lowest BCUT2D eigenvalue weighted by Crippen LogP contribution is -2.12. The lowest BCUT2D eigenvalue weighted by Gasteiger charge is -2.06. The van der Waals surface area contributed by atoms with Crippen LogP contribution in [0.4, 0.5) is 5.69 Å². The fourth-order valence-electron chi connectivity index (χ4n) is 1.38. The molecule has 2 rings (SSSR count). The van der Waals surface area contributed by atoms with Gasteiger partial charge in [-0.2, -0.15) is 0 Å². The van der Waals surface area contributed by atoms with E-state index in [4.69, 9.17) is 21.9 Å². The molecule has 2 aromatic rings. The zero-order valence-electron chi connectivity index (χ0n) is 10.0. The SMILES string of the molecule is COC(=O)c1nc(C(=O)c2cc(Br)no2)cc(N)c1Cl. The van der Waals surface area contributed by atoms with Crippen LogP contribution in [0.15, 0.2) is 21.3 Å². The molecule has 0 amide bonds. The topological polar surface area (TPSA) is 108 Å². The van der Waals surface area contributed by atoms with Crippen molar-refractivity contribution in [3.63, 3.8) is 0 Å². The van der Waals surface area contributed by atoms with Crippen LogP contribution in [0.25, 0.3) is 0 Å². The lowest BCUT2D eigenvalue weighted by atomic mass is 10.2. The largest absolute Gasteiger partial charge is 0.464 e. The van der Waals surface area contributed by atoms with Crippen molar-refractivity contribution in [2.45, 2.75) is 0 Å². The van der Waals surface area contributed by atoms with Gasteiger partial charge >= 0.3 is 5.97 Å². The summed E-state index contributed by atoms with van der Waals surface area (Å²) in [7, 11) is 1.17. The zero-order valence-corrected chi connectivity index (χ0v) is 12.4. The second kappa shape index (κ2) is 5.59. The van der Waals surface area contributed by atoms with Gasteiger partial charge in [0.2, 0.25) is 11.5 Å². The summed E-state index contributed by atoms with van der Waals surface area (Å²) in [5.74, 6) is -1.44. The molecule has 0 aromatic carbocycles. The van der Waals surface area contributed by atoms with Gasteiger partial charge in [-0.3, -0.25) is 4.79 Å². The van der Waals surface area contributed by atoms with E-state index in [0.29, 0.717) is 4.60 Å². The maximum Gasteiger partial charge on any atom is 0.358 e. The summed E-state index contributed by atoms with van der Waals surface area (Å²) in [5, 5.41) is 3.44. The van der Waals surface area contributed by atoms with E-state index >= 15 is 0 Å². The summed E-state index contributed by atoms with van der Waals surface area (Å²) in [6, 6.07) is 2.61. The molecule has 20 heavy (non-hydrogen) atoms. The molecule has 2 N–H and O–H groups in total. The van der Waals surface area contributed by atoms with Crippen LogP contribution in [-0.4, -0.2) is 29.0 Å². The minimum atomic E-state index is -0.796. The summed E-state index contributed by atoms with van der Waals surface area (Å²) < 4.78 is 9.68. The molecule has 0 aliphatic carbocycles. The number of methoxy groups -OCH3 is 1. The Kier molecular flexibility index (Phi) is 4.05.